The summed E-state index contributed by atoms with van der Waals surface area (Å²) in [6, 6.07) is 5.70. The maximum atomic E-state index is 9.02. The molecule has 3 heteroatoms. The van der Waals surface area contributed by atoms with E-state index in [9.17, 15) is 0 Å². The molecule has 1 rings (SSSR count). The van der Waals surface area contributed by atoms with E-state index in [-0.39, 0.29) is 6.61 Å². The summed E-state index contributed by atoms with van der Waals surface area (Å²) in [5, 5.41) is 12.0. The van der Waals surface area contributed by atoms with Gasteiger partial charge in [0.15, 0.2) is 0 Å². The number of hydrogen-bond donors (Lipinski definition) is 2. The molecule has 0 spiro atoms. The largest absolute Gasteiger partial charge is 0.392 e. The van der Waals surface area contributed by atoms with Crippen molar-refractivity contribution in [2.75, 3.05) is 13.6 Å². The molecule has 0 fully saturated rings. The molecule has 0 amide bonds. The number of hydrogen-bond acceptors (Lipinski definition) is 2. The lowest BCUT2D eigenvalue weighted by Gasteiger charge is -2.00. The van der Waals surface area contributed by atoms with Gasteiger partial charge >= 0.3 is 0 Å². The third kappa shape index (κ3) is 3.15. The van der Waals surface area contributed by atoms with Gasteiger partial charge in [0.05, 0.1) is 13.2 Å². The Morgan fingerprint density at radius 3 is 2.93 bits per heavy atom. The lowest BCUT2D eigenvalue weighted by Crippen LogP contribution is -2.04. The van der Waals surface area contributed by atoms with Gasteiger partial charge in [0, 0.05) is 10.0 Å². The first kappa shape index (κ1) is 11.3. The first-order valence-corrected chi connectivity index (χ1v) is 5.10. The zero-order valence-electron chi connectivity index (χ0n) is 7.97. The molecule has 0 heterocycles. The predicted molar refractivity (Wildman–Crippen MR) is 60.9 cm³/mol. The first-order valence-electron chi connectivity index (χ1n) is 4.30. The van der Waals surface area contributed by atoms with Crippen LogP contribution in [0.3, 0.4) is 0 Å². The number of aliphatic hydroxyl groups excluding tert-OH is 1. The second-order valence-corrected chi connectivity index (χ2v) is 3.65. The fourth-order valence-electron chi connectivity index (χ4n) is 1.01. The summed E-state index contributed by atoms with van der Waals surface area (Å²) in [5.41, 5.74) is 1.79. The summed E-state index contributed by atoms with van der Waals surface area (Å²) < 4.78 is 0.916. The van der Waals surface area contributed by atoms with Crippen molar-refractivity contribution >= 4 is 15.9 Å². The molecular weight excluding hydrogens is 242 g/mol. The van der Waals surface area contributed by atoms with Gasteiger partial charge in [-0.3, -0.25) is 0 Å². The second-order valence-electron chi connectivity index (χ2n) is 2.80. The van der Waals surface area contributed by atoms with Crippen molar-refractivity contribution < 1.29 is 5.11 Å². The lowest BCUT2D eigenvalue weighted by molar-refractivity contribution is 0.281. The molecule has 0 radical (unpaired) electrons. The Balaban J connectivity index is 2.86. The van der Waals surface area contributed by atoms with Gasteiger partial charge in [-0.15, -0.1) is 0 Å². The minimum absolute atomic E-state index is 0.0299. The molecule has 74 valence electrons. The van der Waals surface area contributed by atoms with E-state index in [2.05, 4.69) is 33.1 Å². The fourth-order valence-corrected chi connectivity index (χ4v) is 1.38. The molecule has 0 saturated carbocycles. The summed E-state index contributed by atoms with van der Waals surface area (Å²) in [6.07, 6.45) is 0. The predicted octanol–water partition coefficient (Wildman–Crippen LogP) is 1.51. The average molecular weight is 254 g/mol. The van der Waals surface area contributed by atoms with Crippen LogP contribution >= 0.6 is 15.9 Å². The van der Waals surface area contributed by atoms with E-state index in [0.717, 1.165) is 15.6 Å². The highest BCUT2D eigenvalue weighted by molar-refractivity contribution is 9.10. The lowest BCUT2D eigenvalue weighted by atomic mass is 10.1. The van der Waals surface area contributed by atoms with Crippen molar-refractivity contribution in [3.63, 3.8) is 0 Å². The zero-order chi connectivity index (χ0) is 10.4. The number of nitrogens with one attached hydrogen (secondary N) is 1. The standard InChI is InChI=1S/C11H12BrNO/c1-13-6-2-3-9-4-5-11(12)10(7-9)8-14/h4-5,7,13-14H,6,8H2,1H3. The maximum absolute atomic E-state index is 9.02. The van der Waals surface area contributed by atoms with Crippen LogP contribution < -0.4 is 5.32 Å². The molecule has 1 aromatic carbocycles. The maximum Gasteiger partial charge on any atom is 0.0693 e. The smallest absolute Gasteiger partial charge is 0.0693 e. The third-order valence-corrected chi connectivity index (χ3v) is 2.49. The summed E-state index contributed by atoms with van der Waals surface area (Å²) in [5.74, 6) is 5.97. The van der Waals surface area contributed by atoms with Crippen LogP contribution in [0.15, 0.2) is 22.7 Å². The van der Waals surface area contributed by atoms with E-state index in [1.165, 1.54) is 0 Å². The van der Waals surface area contributed by atoms with Gasteiger partial charge in [0.1, 0.15) is 0 Å². The molecule has 14 heavy (non-hydrogen) atoms. The van der Waals surface area contributed by atoms with E-state index < -0.39 is 0 Å². The number of halogens is 1. The molecule has 2 N–H and O–H groups in total. The molecule has 0 aliphatic carbocycles. The molecule has 2 nitrogen and oxygen atoms in total. The minimum atomic E-state index is 0.0299. The van der Waals surface area contributed by atoms with Crippen molar-refractivity contribution in [3.8, 4) is 11.8 Å². The Kier molecular flexibility index (Phi) is 4.68. The molecule has 1 aromatic rings. The van der Waals surface area contributed by atoms with Crippen molar-refractivity contribution in [2.45, 2.75) is 6.61 Å². The Labute approximate surface area is 92.5 Å². The van der Waals surface area contributed by atoms with Crippen LogP contribution in [0.5, 0.6) is 0 Å². The van der Waals surface area contributed by atoms with E-state index in [1.54, 1.807) is 0 Å². The number of benzene rings is 1. The summed E-state index contributed by atoms with van der Waals surface area (Å²) >= 11 is 3.35. The quantitative estimate of drug-likeness (QED) is 0.784. The zero-order valence-corrected chi connectivity index (χ0v) is 9.56. The van der Waals surface area contributed by atoms with E-state index >= 15 is 0 Å². The van der Waals surface area contributed by atoms with Crippen molar-refractivity contribution in [1.29, 1.82) is 0 Å². The Bertz CT molecular complexity index is 365. The van der Waals surface area contributed by atoms with E-state index in [0.29, 0.717) is 6.54 Å². The molecule has 0 aromatic heterocycles. The SMILES string of the molecule is CNCC#Cc1ccc(Br)c(CO)c1. The average Bonchev–Trinajstić information content (AvgIpc) is 2.21. The third-order valence-electron chi connectivity index (χ3n) is 1.71. The topological polar surface area (TPSA) is 32.3 Å². The van der Waals surface area contributed by atoms with Crippen LogP contribution in [0, 0.1) is 11.8 Å². The van der Waals surface area contributed by atoms with Crippen molar-refractivity contribution in [1.82, 2.24) is 5.32 Å². The Morgan fingerprint density at radius 1 is 1.50 bits per heavy atom. The Morgan fingerprint density at radius 2 is 2.29 bits per heavy atom. The molecule has 0 aliphatic heterocycles. The van der Waals surface area contributed by atoms with Crippen LogP contribution in [0.4, 0.5) is 0 Å². The van der Waals surface area contributed by atoms with E-state index in [1.807, 2.05) is 25.2 Å². The highest BCUT2D eigenvalue weighted by atomic mass is 79.9. The normalized spacial score (nSPS) is 9.36. The van der Waals surface area contributed by atoms with Gasteiger partial charge in [0.2, 0.25) is 0 Å². The molecule has 0 atom stereocenters. The van der Waals surface area contributed by atoms with E-state index in [4.69, 9.17) is 5.11 Å². The van der Waals surface area contributed by atoms with Crippen molar-refractivity contribution in [3.05, 3.63) is 33.8 Å². The summed E-state index contributed by atoms with van der Waals surface area (Å²) in [7, 11) is 1.86. The second kappa shape index (κ2) is 5.82. The van der Waals surface area contributed by atoms with Gasteiger partial charge in [-0.1, -0.05) is 27.8 Å². The molecule has 0 unspecified atom stereocenters. The van der Waals surface area contributed by atoms with Gasteiger partial charge in [-0.2, -0.15) is 0 Å². The molecule has 0 bridgehead atoms. The summed E-state index contributed by atoms with van der Waals surface area (Å²) in [6.45, 7) is 0.701. The highest BCUT2D eigenvalue weighted by Crippen LogP contribution is 2.17. The van der Waals surface area contributed by atoms with Crippen LogP contribution in [0.1, 0.15) is 11.1 Å². The van der Waals surface area contributed by atoms with Gasteiger partial charge in [0.25, 0.3) is 0 Å². The van der Waals surface area contributed by atoms with Gasteiger partial charge in [-0.05, 0) is 30.8 Å². The van der Waals surface area contributed by atoms with Crippen molar-refractivity contribution in [2.24, 2.45) is 0 Å². The molecular formula is C11H12BrNO. The first-order chi connectivity index (χ1) is 6.77. The Hall–Kier alpha value is -0.820. The molecule has 0 aliphatic rings. The summed E-state index contributed by atoms with van der Waals surface area (Å²) in [4.78, 5) is 0. The number of aliphatic hydroxyl groups is 1. The van der Waals surface area contributed by atoms with Crippen LogP contribution in [0.25, 0.3) is 0 Å². The van der Waals surface area contributed by atoms with Gasteiger partial charge < -0.3 is 10.4 Å². The van der Waals surface area contributed by atoms with Gasteiger partial charge in [-0.25, -0.2) is 0 Å². The van der Waals surface area contributed by atoms with Crippen LogP contribution in [-0.4, -0.2) is 18.7 Å². The molecule has 0 saturated heterocycles. The monoisotopic (exact) mass is 253 g/mol. The van der Waals surface area contributed by atoms with Crippen LogP contribution in [0.2, 0.25) is 0 Å². The highest BCUT2D eigenvalue weighted by Gasteiger charge is 1.97. The number of rotatable bonds is 2. The fraction of sp³-hybridized carbons (Fsp3) is 0.273. The minimum Gasteiger partial charge on any atom is -0.392 e. The van der Waals surface area contributed by atoms with Crippen LogP contribution in [-0.2, 0) is 6.61 Å².